The van der Waals surface area contributed by atoms with Gasteiger partial charge in [0, 0.05) is 19.3 Å². The van der Waals surface area contributed by atoms with Gasteiger partial charge in [0.15, 0.2) is 5.13 Å². The maximum atomic E-state index is 13.4. The van der Waals surface area contributed by atoms with Crippen LogP contribution in [0.5, 0.6) is 0 Å². The van der Waals surface area contributed by atoms with Crippen molar-refractivity contribution in [2.24, 2.45) is 0 Å². The van der Waals surface area contributed by atoms with Crippen molar-refractivity contribution in [2.45, 2.75) is 45.8 Å². The molecule has 0 aliphatic carbocycles. The van der Waals surface area contributed by atoms with Crippen LogP contribution in [0.25, 0.3) is 10.2 Å². The van der Waals surface area contributed by atoms with E-state index in [1.165, 1.54) is 5.56 Å². The number of para-hydroxylation sites is 1. The molecule has 1 aliphatic heterocycles. The topological polar surface area (TPSA) is 60.2 Å². The highest BCUT2D eigenvalue weighted by Crippen LogP contribution is 2.32. The van der Waals surface area contributed by atoms with Crippen LogP contribution in [0.3, 0.4) is 0 Å². The van der Waals surface area contributed by atoms with Crippen molar-refractivity contribution in [1.82, 2.24) is 14.8 Å². The molecule has 1 aliphatic rings. The fourth-order valence-corrected chi connectivity index (χ4v) is 4.56. The largest absolute Gasteiger partial charge is 0.376 e. The molecule has 3 aromatic rings. The smallest absolute Gasteiger partial charge is 0.278 e. The average Bonchev–Trinajstić information content (AvgIpc) is 3.44. The van der Waals surface area contributed by atoms with E-state index in [-0.39, 0.29) is 12.0 Å². The third-order valence-corrected chi connectivity index (χ3v) is 6.04. The van der Waals surface area contributed by atoms with Crippen LogP contribution in [-0.4, -0.2) is 39.9 Å². The maximum Gasteiger partial charge on any atom is 0.278 e. The molecule has 6 nitrogen and oxygen atoms in total. The van der Waals surface area contributed by atoms with Gasteiger partial charge in [-0.15, -0.1) is 0 Å². The molecule has 3 heterocycles. The second-order valence-corrected chi connectivity index (χ2v) is 7.71. The van der Waals surface area contributed by atoms with Crippen molar-refractivity contribution >= 4 is 32.6 Å². The molecule has 1 unspecified atom stereocenters. The number of aromatic nitrogens is 3. The van der Waals surface area contributed by atoms with Crippen molar-refractivity contribution in [2.75, 3.05) is 18.1 Å². The van der Waals surface area contributed by atoms with E-state index < -0.39 is 0 Å². The lowest BCUT2D eigenvalue weighted by Gasteiger charge is -2.23. The molecule has 7 heteroatoms. The van der Waals surface area contributed by atoms with Crippen molar-refractivity contribution in [3.05, 3.63) is 41.7 Å². The minimum Gasteiger partial charge on any atom is -0.376 e. The van der Waals surface area contributed by atoms with Gasteiger partial charge in [0.25, 0.3) is 5.91 Å². The van der Waals surface area contributed by atoms with Crippen molar-refractivity contribution in [1.29, 1.82) is 0 Å². The Morgan fingerprint density at radius 3 is 3.00 bits per heavy atom. The van der Waals surface area contributed by atoms with Crippen molar-refractivity contribution in [3.63, 3.8) is 0 Å². The lowest BCUT2D eigenvalue weighted by Crippen LogP contribution is -2.38. The summed E-state index contributed by atoms with van der Waals surface area (Å²) in [7, 11) is 0. The molecule has 0 saturated carbocycles. The first-order chi connectivity index (χ1) is 13.2. The highest BCUT2D eigenvalue weighted by Gasteiger charge is 2.28. The second-order valence-electron chi connectivity index (χ2n) is 6.70. The number of ether oxygens (including phenoxy) is 1. The van der Waals surface area contributed by atoms with Crippen molar-refractivity contribution in [3.8, 4) is 0 Å². The predicted octanol–water partition coefficient (Wildman–Crippen LogP) is 3.90. The van der Waals surface area contributed by atoms with Crippen LogP contribution < -0.4 is 4.90 Å². The SMILES string of the molecule is CCc1cccc2sc(N(CC3CCCO3)C(=O)c3ccnn3CC)nc12. The zero-order chi connectivity index (χ0) is 18.8. The first-order valence-corrected chi connectivity index (χ1v) is 10.4. The number of carbonyl (C=O) groups is 1. The lowest BCUT2D eigenvalue weighted by molar-refractivity contribution is 0.0908. The van der Waals surface area contributed by atoms with Gasteiger partial charge in [-0.3, -0.25) is 14.4 Å². The van der Waals surface area contributed by atoms with Gasteiger partial charge in [-0.2, -0.15) is 5.10 Å². The zero-order valence-corrected chi connectivity index (χ0v) is 16.5. The molecule has 1 atom stereocenters. The van der Waals surface area contributed by atoms with Gasteiger partial charge in [0.1, 0.15) is 5.69 Å². The van der Waals surface area contributed by atoms with Gasteiger partial charge in [-0.25, -0.2) is 4.98 Å². The number of hydrogen-bond donors (Lipinski definition) is 0. The van der Waals surface area contributed by atoms with Crippen LogP contribution in [0.15, 0.2) is 30.5 Å². The summed E-state index contributed by atoms with van der Waals surface area (Å²) >= 11 is 1.57. The summed E-state index contributed by atoms with van der Waals surface area (Å²) in [5.41, 5.74) is 2.79. The van der Waals surface area contributed by atoms with Crippen LogP contribution in [-0.2, 0) is 17.7 Å². The highest BCUT2D eigenvalue weighted by atomic mass is 32.1. The van der Waals surface area contributed by atoms with Gasteiger partial charge in [0.2, 0.25) is 0 Å². The summed E-state index contributed by atoms with van der Waals surface area (Å²) in [5, 5.41) is 4.99. The van der Waals surface area contributed by atoms with E-state index in [1.54, 1.807) is 33.2 Å². The Morgan fingerprint density at radius 1 is 1.37 bits per heavy atom. The Balaban J connectivity index is 1.74. The monoisotopic (exact) mass is 384 g/mol. The molecule has 1 aromatic carbocycles. The summed E-state index contributed by atoms with van der Waals surface area (Å²) in [6, 6.07) is 8.01. The molecule has 0 N–H and O–H groups in total. The number of rotatable bonds is 6. The van der Waals surface area contributed by atoms with Gasteiger partial charge in [-0.1, -0.05) is 30.4 Å². The summed E-state index contributed by atoms with van der Waals surface area (Å²) in [6.07, 6.45) is 4.67. The molecule has 1 saturated heterocycles. The standard InChI is InChI=1S/C20H24N4O2S/c1-3-14-7-5-9-17-18(14)22-20(27-17)23(13-15-8-6-12-26-15)19(25)16-10-11-21-24(16)4-2/h5,7,9-11,15H,3-4,6,8,12-13H2,1-2H3. The third kappa shape index (κ3) is 3.49. The third-order valence-electron chi connectivity index (χ3n) is 4.99. The Kier molecular flexibility index (Phi) is 5.22. The van der Waals surface area contributed by atoms with E-state index in [1.807, 2.05) is 6.92 Å². The van der Waals surface area contributed by atoms with Gasteiger partial charge in [0.05, 0.1) is 22.9 Å². The summed E-state index contributed by atoms with van der Waals surface area (Å²) < 4.78 is 8.65. The normalized spacial score (nSPS) is 16.9. The molecule has 1 fully saturated rings. The van der Waals surface area contributed by atoms with Crippen LogP contribution in [0.1, 0.15) is 42.7 Å². The van der Waals surface area contributed by atoms with Crippen LogP contribution in [0.2, 0.25) is 0 Å². The molecule has 0 radical (unpaired) electrons. The number of nitrogens with zero attached hydrogens (tertiary/aromatic N) is 4. The number of thiazole rings is 1. The van der Waals surface area contributed by atoms with Crippen molar-refractivity contribution < 1.29 is 9.53 Å². The summed E-state index contributed by atoms with van der Waals surface area (Å²) in [5.74, 6) is -0.0676. The number of carbonyl (C=O) groups excluding carboxylic acids is 1. The molecule has 0 spiro atoms. The highest BCUT2D eigenvalue weighted by molar-refractivity contribution is 7.22. The number of amides is 1. The number of aryl methyl sites for hydroxylation is 2. The Hall–Kier alpha value is -2.25. The molecular formula is C20H24N4O2S. The van der Waals surface area contributed by atoms with E-state index in [0.717, 1.165) is 41.2 Å². The number of fused-ring (bicyclic) bond motifs is 1. The van der Waals surface area contributed by atoms with E-state index in [9.17, 15) is 4.79 Å². The molecule has 27 heavy (non-hydrogen) atoms. The van der Waals surface area contributed by atoms with E-state index in [0.29, 0.717) is 18.8 Å². The maximum absolute atomic E-state index is 13.4. The number of hydrogen-bond acceptors (Lipinski definition) is 5. The van der Waals surface area contributed by atoms with Gasteiger partial charge >= 0.3 is 0 Å². The second kappa shape index (κ2) is 7.78. The molecule has 0 bridgehead atoms. The van der Waals surface area contributed by atoms with E-state index >= 15 is 0 Å². The lowest BCUT2D eigenvalue weighted by atomic mass is 10.1. The van der Waals surface area contributed by atoms with Gasteiger partial charge in [-0.05, 0) is 43.9 Å². The Bertz CT molecular complexity index is 943. The fourth-order valence-electron chi connectivity index (χ4n) is 3.54. The summed E-state index contributed by atoms with van der Waals surface area (Å²) in [6.45, 7) is 6.05. The minimum absolute atomic E-state index is 0.0598. The fraction of sp³-hybridized carbons (Fsp3) is 0.450. The first kappa shape index (κ1) is 18.1. The number of anilines is 1. The minimum atomic E-state index is -0.0676. The molecule has 1 amide bonds. The van der Waals surface area contributed by atoms with E-state index in [4.69, 9.17) is 9.72 Å². The van der Waals surface area contributed by atoms with E-state index in [2.05, 4.69) is 30.2 Å². The molecule has 2 aromatic heterocycles. The van der Waals surface area contributed by atoms with Crippen LogP contribution in [0.4, 0.5) is 5.13 Å². The molecule has 4 rings (SSSR count). The predicted molar refractivity (Wildman–Crippen MR) is 108 cm³/mol. The van der Waals surface area contributed by atoms with Crippen LogP contribution >= 0.6 is 11.3 Å². The average molecular weight is 385 g/mol. The zero-order valence-electron chi connectivity index (χ0n) is 15.7. The Morgan fingerprint density at radius 2 is 2.26 bits per heavy atom. The summed E-state index contributed by atoms with van der Waals surface area (Å²) in [4.78, 5) is 20.0. The van der Waals surface area contributed by atoms with Gasteiger partial charge < -0.3 is 4.74 Å². The van der Waals surface area contributed by atoms with Crippen LogP contribution in [0, 0.1) is 0 Å². The number of benzene rings is 1. The molecular weight excluding hydrogens is 360 g/mol. The first-order valence-electron chi connectivity index (χ1n) is 9.55. The molecule has 142 valence electrons. The quantitative estimate of drug-likeness (QED) is 0.647. The Labute approximate surface area is 162 Å².